The molecule has 0 aromatic carbocycles. The van der Waals surface area contributed by atoms with Crippen molar-refractivity contribution in [1.29, 1.82) is 0 Å². The van der Waals surface area contributed by atoms with Crippen LogP contribution >= 0.6 is 0 Å². The molecular formula is C25H43N5O3. The van der Waals surface area contributed by atoms with Crippen molar-refractivity contribution in [2.75, 3.05) is 13.2 Å². The fraction of sp³-hybridized carbons (Fsp3) is 0.840. The van der Waals surface area contributed by atoms with Gasteiger partial charge in [0.25, 0.3) is 0 Å². The highest BCUT2D eigenvalue weighted by atomic mass is 16.5. The predicted molar refractivity (Wildman–Crippen MR) is 128 cm³/mol. The maximum absolute atomic E-state index is 12.1. The number of hydrogen-bond donors (Lipinski definition) is 2. The molecule has 0 unspecified atom stereocenters. The second-order valence-electron chi connectivity index (χ2n) is 11.5. The molecule has 0 bridgehead atoms. The molecule has 8 heteroatoms. The highest BCUT2D eigenvalue weighted by Gasteiger charge is 2.50. The van der Waals surface area contributed by atoms with E-state index in [0.29, 0.717) is 43.7 Å². The molecule has 2 N–H and O–H groups in total. The number of aromatic nitrogens is 3. The molecule has 1 aromatic heterocycles. The zero-order valence-corrected chi connectivity index (χ0v) is 21.4. The lowest BCUT2D eigenvalue weighted by atomic mass is 9.96. The summed E-state index contributed by atoms with van der Waals surface area (Å²) in [5.74, 6) is 1.68. The smallest absolute Gasteiger partial charge is 0.407 e. The molecule has 0 aliphatic heterocycles. The summed E-state index contributed by atoms with van der Waals surface area (Å²) in [5, 5.41) is 14.7. The van der Waals surface area contributed by atoms with E-state index in [0.717, 1.165) is 44.2 Å². The highest BCUT2D eigenvalue weighted by molar-refractivity contribution is 5.76. The minimum Gasteiger partial charge on any atom is -0.449 e. The average Bonchev–Trinajstić information content (AvgIpc) is 3.17. The minimum atomic E-state index is -0.382. The molecule has 3 rings (SSSR count). The monoisotopic (exact) mass is 461 g/mol. The van der Waals surface area contributed by atoms with Gasteiger partial charge < -0.3 is 15.4 Å². The summed E-state index contributed by atoms with van der Waals surface area (Å²) in [6, 6.07) is 0. The van der Waals surface area contributed by atoms with Gasteiger partial charge >= 0.3 is 6.09 Å². The Balaban J connectivity index is 1.39. The van der Waals surface area contributed by atoms with Crippen molar-refractivity contribution in [1.82, 2.24) is 25.6 Å². The van der Waals surface area contributed by atoms with E-state index in [1.807, 2.05) is 20.8 Å². The van der Waals surface area contributed by atoms with Crippen LogP contribution < -0.4 is 10.6 Å². The number of fused-ring (bicyclic) bond motifs is 2. The van der Waals surface area contributed by atoms with Crippen LogP contribution in [0.2, 0.25) is 0 Å². The largest absolute Gasteiger partial charge is 0.449 e. The molecule has 2 aliphatic carbocycles. The Hall–Kier alpha value is -2.12. The lowest BCUT2D eigenvalue weighted by Crippen LogP contribution is -2.40. The SMILES string of the molecule is CCCC(C)(C)n1nnc2c1CC[C@H]1[C@@H](CC2)[C@H]1COC(=O)NCCCC(=O)NC(C)(C)C. The van der Waals surface area contributed by atoms with Gasteiger partial charge in [-0.2, -0.15) is 0 Å². The Kier molecular flexibility index (Phi) is 8.06. The first-order valence-corrected chi connectivity index (χ1v) is 12.7. The molecule has 1 fully saturated rings. The number of nitrogens with zero attached hydrogens (tertiary/aromatic N) is 3. The predicted octanol–water partition coefficient (Wildman–Crippen LogP) is 3.98. The van der Waals surface area contributed by atoms with Gasteiger partial charge in [-0.15, -0.1) is 5.10 Å². The standard InChI is InChI=1S/C25H43N5O3/c1-7-14-25(5,6)30-21-13-11-18-17(10-12-20(21)28-29-30)19(18)16-33-23(32)26-15-8-9-22(31)27-24(2,3)4/h17-19H,7-16H2,1-6H3,(H,26,32)(H,27,31)/t17-,18+,19-/m1/s1. The average molecular weight is 462 g/mol. The number of nitrogens with one attached hydrogen (secondary N) is 2. The lowest BCUT2D eigenvalue weighted by Gasteiger charge is -2.27. The third kappa shape index (κ3) is 6.93. The molecule has 0 saturated heterocycles. The molecule has 0 radical (unpaired) electrons. The number of rotatable bonds is 9. The van der Waals surface area contributed by atoms with Crippen LogP contribution in [0.1, 0.15) is 91.5 Å². The van der Waals surface area contributed by atoms with Gasteiger partial charge in [-0.05, 0) is 90.9 Å². The third-order valence-corrected chi connectivity index (χ3v) is 6.99. The zero-order valence-electron chi connectivity index (χ0n) is 21.4. The maximum Gasteiger partial charge on any atom is 0.407 e. The zero-order chi connectivity index (χ0) is 24.2. The fourth-order valence-corrected chi connectivity index (χ4v) is 5.36. The van der Waals surface area contributed by atoms with Gasteiger partial charge in [-0.25, -0.2) is 9.48 Å². The van der Waals surface area contributed by atoms with Crippen molar-refractivity contribution in [3.05, 3.63) is 11.4 Å². The van der Waals surface area contributed by atoms with Crippen LogP contribution in [-0.4, -0.2) is 45.7 Å². The number of ether oxygens (including phenoxy) is 1. The normalized spacial score (nSPS) is 22.4. The van der Waals surface area contributed by atoms with Crippen molar-refractivity contribution in [2.24, 2.45) is 17.8 Å². The van der Waals surface area contributed by atoms with E-state index in [2.05, 4.69) is 46.4 Å². The first kappa shape index (κ1) is 25.5. The van der Waals surface area contributed by atoms with Crippen LogP contribution in [-0.2, 0) is 27.9 Å². The third-order valence-electron chi connectivity index (χ3n) is 6.99. The first-order valence-electron chi connectivity index (χ1n) is 12.7. The number of aryl methyl sites for hydroxylation is 1. The highest BCUT2D eigenvalue weighted by Crippen LogP contribution is 2.53. The van der Waals surface area contributed by atoms with Gasteiger partial charge in [-0.3, -0.25) is 4.79 Å². The van der Waals surface area contributed by atoms with Gasteiger partial charge in [0, 0.05) is 18.5 Å². The summed E-state index contributed by atoms with van der Waals surface area (Å²) >= 11 is 0. The molecule has 33 heavy (non-hydrogen) atoms. The van der Waals surface area contributed by atoms with E-state index < -0.39 is 0 Å². The van der Waals surface area contributed by atoms with Crippen LogP contribution in [0.5, 0.6) is 0 Å². The number of carbonyl (C=O) groups is 2. The Morgan fingerprint density at radius 1 is 1.12 bits per heavy atom. The number of carbonyl (C=O) groups excluding carboxylic acids is 2. The topological polar surface area (TPSA) is 98.1 Å². The van der Waals surface area contributed by atoms with Crippen LogP contribution in [0.4, 0.5) is 4.79 Å². The van der Waals surface area contributed by atoms with E-state index in [-0.39, 0.29) is 23.1 Å². The van der Waals surface area contributed by atoms with E-state index >= 15 is 0 Å². The summed E-state index contributed by atoms with van der Waals surface area (Å²) < 4.78 is 7.67. The maximum atomic E-state index is 12.1. The quantitative estimate of drug-likeness (QED) is 0.542. The molecular weight excluding hydrogens is 418 g/mol. The van der Waals surface area contributed by atoms with Gasteiger partial charge in [0.2, 0.25) is 5.91 Å². The summed E-state index contributed by atoms with van der Waals surface area (Å²) in [6.07, 6.45) is 6.96. The summed E-state index contributed by atoms with van der Waals surface area (Å²) in [5.41, 5.74) is 2.21. The second kappa shape index (κ2) is 10.4. The summed E-state index contributed by atoms with van der Waals surface area (Å²) in [7, 11) is 0. The molecule has 1 heterocycles. The van der Waals surface area contributed by atoms with Crippen molar-refractivity contribution in [2.45, 2.75) is 104 Å². The fourth-order valence-electron chi connectivity index (χ4n) is 5.36. The van der Waals surface area contributed by atoms with Crippen LogP contribution in [0, 0.1) is 17.8 Å². The Morgan fingerprint density at radius 2 is 1.82 bits per heavy atom. The Morgan fingerprint density at radius 3 is 2.48 bits per heavy atom. The Labute approximate surface area is 198 Å². The molecule has 2 aliphatic rings. The molecule has 3 atom stereocenters. The molecule has 1 saturated carbocycles. The van der Waals surface area contributed by atoms with Crippen LogP contribution in [0.3, 0.4) is 0 Å². The number of alkyl carbamates (subject to hydrolysis) is 1. The molecule has 186 valence electrons. The second-order valence-corrected chi connectivity index (χ2v) is 11.5. The van der Waals surface area contributed by atoms with E-state index in [1.165, 1.54) is 5.69 Å². The van der Waals surface area contributed by atoms with Crippen molar-refractivity contribution in [3.8, 4) is 0 Å². The lowest BCUT2D eigenvalue weighted by molar-refractivity contribution is -0.122. The van der Waals surface area contributed by atoms with E-state index in [1.54, 1.807) is 0 Å². The number of hydrogen-bond acceptors (Lipinski definition) is 5. The summed E-state index contributed by atoms with van der Waals surface area (Å²) in [4.78, 5) is 23.9. The van der Waals surface area contributed by atoms with Gasteiger partial charge in [-0.1, -0.05) is 18.6 Å². The van der Waals surface area contributed by atoms with E-state index in [4.69, 9.17) is 4.74 Å². The van der Waals surface area contributed by atoms with Gasteiger partial charge in [0.05, 0.1) is 23.5 Å². The summed E-state index contributed by atoms with van der Waals surface area (Å²) in [6.45, 7) is 13.5. The number of amides is 2. The Bertz CT molecular complexity index is 826. The molecule has 8 nitrogen and oxygen atoms in total. The van der Waals surface area contributed by atoms with E-state index in [9.17, 15) is 9.59 Å². The van der Waals surface area contributed by atoms with Crippen molar-refractivity contribution in [3.63, 3.8) is 0 Å². The first-order chi connectivity index (χ1) is 15.5. The van der Waals surface area contributed by atoms with Crippen molar-refractivity contribution >= 4 is 12.0 Å². The van der Waals surface area contributed by atoms with Gasteiger partial charge in [0.15, 0.2) is 0 Å². The van der Waals surface area contributed by atoms with Crippen molar-refractivity contribution < 1.29 is 14.3 Å². The molecule has 2 amide bonds. The van der Waals surface area contributed by atoms with Crippen LogP contribution in [0.25, 0.3) is 0 Å². The molecule has 1 aromatic rings. The minimum absolute atomic E-state index is 0.00328. The molecule has 0 spiro atoms. The van der Waals surface area contributed by atoms with Gasteiger partial charge in [0.1, 0.15) is 0 Å². The van der Waals surface area contributed by atoms with Crippen LogP contribution in [0.15, 0.2) is 0 Å².